The number of nitrogens with one attached hydrogen (secondary N) is 2. The number of aliphatic hydroxyl groups is 1. The third-order valence-electron chi connectivity index (χ3n) is 9.33. The highest BCUT2D eigenvalue weighted by Gasteiger charge is 2.49. The van der Waals surface area contributed by atoms with E-state index in [-0.39, 0.29) is 37.5 Å². The minimum Gasteiger partial charge on any atom is -0.484 e. The van der Waals surface area contributed by atoms with Gasteiger partial charge < -0.3 is 40.0 Å². The van der Waals surface area contributed by atoms with Gasteiger partial charge in [0.2, 0.25) is 18.6 Å². The molecule has 14 heteroatoms. The monoisotopic (exact) mass is 721 g/mol. The number of nitrogens with zero attached hydrogens (tertiary/aromatic N) is 1. The van der Waals surface area contributed by atoms with Crippen LogP contribution in [0.25, 0.3) is 0 Å². The molecule has 4 atom stereocenters. The average molecular weight is 722 g/mol. The van der Waals surface area contributed by atoms with Crippen molar-refractivity contribution in [3.8, 4) is 17.2 Å². The highest BCUT2D eigenvalue weighted by atomic mass is 32.2. The molecule has 3 aromatic rings. The fourth-order valence-electron chi connectivity index (χ4n) is 6.61. The Labute approximate surface area is 298 Å². The third-order valence-corrected chi connectivity index (χ3v) is 10.7. The summed E-state index contributed by atoms with van der Waals surface area (Å²) in [6.45, 7) is -0.641. The number of ether oxygens (including phenoxy) is 3. The summed E-state index contributed by atoms with van der Waals surface area (Å²) in [5, 5.41) is 24.9. The molecule has 51 heavy (non-hydrogen) atoms. The van der Waals surface area contributed by atoms with Gasteiger partial charge in [0.1, 0.15) is 22.9 Å². The number of benzene rings is 3. The van der Waals surface area contributed by atoms with Gasteiger partial charge in [-0.15, -0.1) is 11.8 Å². The first-order valence-electron chi connectivity index (χ1n) is 17.0. The number of carboxylic acids is 1. The van der Waals surface area contributed by atoms with Crippen LogP contribution < -0.4 is 29.7 Å². The topological polar surface area (TPSA) is 164 Å². The SMILES string of the molecule is O=C(COc1ccc([C@@H]2[C@@H](SC[C@H](O)c3ccc4c(c3)OCO4)C(=O)N2c2ccc(F)cc2)cc1)NCC(=O)N[C@H](CC1CCCCC1)C(=O)O. The van der Waals surface area contributed by atoms with E-state index in [1.165, 1.54) is 36.0 Å². The number of β-lactam (4-membered cyclic amide) rings is 1. The Morgan fingerprint density at radius 3 is 2.41 bits per heavy atom. The molecule has 12 nitrogen and oxygen atoms in total. The lowest BCUT2D eigenvalue weighted by Crippen LogP contribution is -2.57. The largest absolute Gasteiger partial charge is 0.484 e. The van der Waals surface area contributed by atoms with Gasteiger partial charge in [-0.2, -0.15) is 0 Å². The van der Waals surface area contributed by atoms with Gasteiger partial charge in [0, 0.05) is 11.4 Å². The molecular formula is C37H40FN3O9S. The maximum absolute atomic E-state index is 13.7. The van der Waals surface area contributed by atoms with E-state index < -0.39 is 47.0 Å². The van der Waals surface area contributed by atoms with Crippen molar-refractivity contribution in [3.05, 3.63) is 83.7 Å². The van der Waals surface area contributed by atoms with E-state index in [1.54, 1.807) is 47.4 Å². The molecule has 270 valence electrons. The molecule has 2 aliphatic heterocycles. The van der Waals surface area contributed by atoms with Crippen LogP contribution in [0.4, 0.5) is 10.1 Å². The summed E-state index contributed by atoms with van der Waals surface area (Å²) in [7, 11) is 0. The number of hydrogen-bond acceptors (Lipinski definition) is 9. The Balaban J connectivity index is 1.03. The summed E-state index contributed by atoms with van der Waals surface area (Å²) >= 11 is 1.31. The van der Waals surface area contributed by atoms with E-state index in [2.05, 4.69) is 10.6 Å². The molecule has 0 spiro atoms. The molecule has 2 heterocycles. The molecule has 3 aromatic carbocycles. The summed E-state index contributed by atoms with van der Waals surface area (Å²) in [4.78, 5) is 51.6. The molecule has 1 saturated heterocycles. The molecule has 3 amide bonds. The van der Waals surface area contributed by atoms with Crippen LogP contribution in [0, 0.1) is 11.7 Å². The van der Waals surface area contributed by atoms with Gasteiger partial charge in [-0.1, -0.05) is 50.3 Å². The Bertz CT molecular complexity index is 1720. The van der Waals surface area contributed by atoms with Crippen LogP contribution in [0.3, 0.4) is 0 Å². The second-order valence-electron chi connectivity index (χ2n) is 12.8. The fraction of sp³-hybridized carbons (Fsp3) is 0.405. The van der Waals surface area contributed by atoms with Crippen molar-refractivity contribution < 1.29 is 48.0 Å². The van der Waals surface area contributed by atoms with Gasteiger partial charge in [0.05, 0.1) is 18.7 Å². The molecule has 3 aliphatic rings. The summed E-state index contributed by atoms with van der Waals surface area (Å²) in [5.74, 6) is -0.826. The zero-order valence-electron chi connectivity index (χ0n) is 27.8. The lowest BCUT2D eigenvalue weighted by Gasteiger charge is -2.47. The number of rotatable bonds is 15. The summed E-state index contributed by atoms with van der Waals surface area (Å²) < 4.78 is 30.1. The number of anilines is 1. The molecule has 4 N–H and O–H groups in total. The van der Waals surface area contributed by atoms with Gasteiger partial charge in [0.15, 0.2) is 18.1 Å². The van der Waals surface area contributed by atoms with E-state index in [0.717, 1.165) is 37.7 Å². The molecular weight excluding hydrogens is 681 g/mol. The standard InChI is InChI=1S/C37H40FN3O9S/c38-25-9-11-26(12-10-25)41-34(35(36(41)45)51-20-29(42)24-8-15-30-31(17-24)50-21-49-30)23-6-13-27(14-7-23)48-19-33(44)39-18-32(43)40-28(37(46)47)16-22-4-2-1-3-5-22/h6-15,17,22,28-29,34-35,42H,1-5,16,18-21H2,(H,39,44)(H,40,43)(H,46,47)/t28-,29+,34-,35-/m1/s1. The summed E-state index contributed by atoms with van der Waals surface area (Å²) in [6, 6.07) is 16.3. The first-order chi connectivity index (χ1) is 24.7. The Morgan fingerprint density at radius 1 is 0.961 bits per heavy atom. The zero-order chi connectivity index (χ0) is 35.9. The van der Waals surface area contributed by atoms with Crippen molar-refractivity contribution in [2.75, 3.05) is 30.6 Å². The number of aliphatic carboxylic acids is 1. The van der Waals surface area contributed by atoms with Crippen LogP contribution in [0.15, 0.2) is 66.7 Å². The van der Waals surface area contributed by atoms with E-state index >= 15 is 0 Å². The molecule has 0 aromatic heterocycles. The number of fused-ring (bicyclic) bond motifs is 1. The van der Waals surface area contributed by atoms with E-state index in [4.69, 9.17) is 14.2 Å². The second kappa shape index (κ2) is 16.5. The number of carbonyl (C=O) groups excluding carboxylic acids is 3. The second-order valence-corrected chi connectivity index (χ2v) is 14.0. The maximum atomic E-state index is 13.7. The predicted molar refractivity (Wildman–Crippen MR) is 186 cm³/mol. The summed E-state index contributed by atoms with van der Waals surface area (Å²) in [5.41, 5.74) is 1.93. The molecule has 0 bridgehead atoms. The van der Waals surface area contributed by atoms with Crippen molar-refractivity contribution >= 4 is 41.1 Å². The zero-order valence-corrected chi connectivity index (χ0v) is 28.6. The number of hydrogen-bond donors (Lipinski definition) is 4. The van der Waals surface area contributed by atoms with Gasteiger partial charge in [-0.3, -0.25) is 14.4 Å². The first-order valence-corrected chi connectivity index (χ1v) is 18.0. The van der Waals surface area contributed by atoms with Crippen LogP contribution in [0.5, 0.6) is 17.2 Å². The van der Waals surface area contributed by atoms with Crippen LogP contribution in [-0.4, -0.2) is 70.9 Å². The van der Waals surface area contributed by atoms with Crippen LogP contribution in [-0.2, 0) is 19.2 Å². The van der Waals surface area contributed by atoms with Crippen molar-refractivity contribution in [3.63, 3.8) is 0 Å². The molecule has 0 unspecified atom stereocenters. The minimum absolute atomic E-state index is 0.119. The maximum Gasteiger partial charge on any atom is 0.326 e. The lowest BCUT2D eigenvalue weighted by atomic mass is 9.85. The van der Waals surface area contributed by atoms with Crippen molar-refractivity contribution in [1.29, 1.82) is 0 Å². The Kier molecular flexibility index (Phi) is 11.6. The smallest absolute Gasteiger partial charge is 0.326 e. The molecule has 1 aliphatic carbocycles. The average Bonchev–Trinajstić information content (AvgIpc) is 3.61. The number of amides is 3. The van der Waals surface area contributed by atoms with Crippen molar-refractivity contribution in [1.82, 2.24) is 10.6 Å². The van der Waals surface area contributed by atoms with Crippen LogP contribution in [0.1, 0.15) is 61.8 Å². The summed E-state index contributed by atoms with van der Waals surface area (Å²) in [6.07, 6.45) is 4.67. The molecule has 2 fully saturated rings. The normalized spacial score (nSPS) is 19.5. The number of carbonyl (C=O) groups is 4. The highest BCUT2D eigenvalue weighted by molar-refractivity contribution is 8.00. The van der Waals surface area contributed by atoms with E-state index in [0.29, 0.717) is 34.9 Å². The minimum atomic E-state index is -1.09. The fourth-order valence-corrected chi connectivity index (χ4v) is 7.91. The molecule has 6 rings (SSSR count). The van der Waals surface area contributed by atoms with Gasteiger partial charge in [0.25, 0.3) is 5.91 Å². The number of carboxylic acid groups (broad SMARTS) is 1. The van der Waals surface area contributed by atoms with Crippen LogP contribution >= 0.6 is 11.8 Å². The van der Waals surface area contributed by atoms with Crippen molar-refractivity contribution in [2.45, 2.75) is 62.0 Å². The predicted octanol–water partition coefficient (Wildman–Crippen LogP) is 4.51. The van der Waals surface area contributed by atoms with Gasteiger partial charge in [-0.05, 0) is 72.0 Å². The highest BCUT2D eigenvalue weighted by Crippen LogP contribution is 2.46. The van der Waals surface area contributed by atoms with E-state index in [9.17, 15) is 33.8 Å². The molecule has 0 radical (unpaired) electrons. The van der Waals surface area contributed by atoms with Gasteiger partial charge >= 0.3 is 5.97 Å². The van der Waals surface area contributed by atoms with E-state index in [1.807, 2.05) is 0 Å². The quantitative estimate of drug-likeness (QED) is 0.164. The molecule has 1 saturated carbocycles. The number of thioether (sulfide) groups is 1. The van der Waals surface area contributed by atoms with Crippen LogP contribution in [0.2, 0.25) is 0 Å². The first kappa shape index (κ1) is 36.0. The Morgan fingerprint density at radius 2 is 1.69 bits per heavy atom. The Hall–Kier alpha value is -4.82. The van der Waals surface area contributed by atoms with Crippen molar-refractivity contribution in [2.24, 2.45) is 5.92 Å². The lowest BCUT2D eigenvalue weighted by molar-refractivity contribution is -0.142. The van der Waals surface area contributed by atoms with Gasteiger partial charge in [-0.25, -0.2) is 9.18 Å². The number of aliphatic hydroxyl groups excluding tert-OH is 1. The third kappa shape index (κ3) is 8.92. The number of halogens is 1.